The second-order valence-electron chi connectivity index (χ2n) is 4.16. The molecule has 104 valence electrons. The van der Waals surface area contributed by atoms with Crippen molar-refractivity contribution in [2.24, 2.45) is 0 Å². The van der Waals surface area contributed by atoms with Crippen molar-refractivity contribution in [1.82, 2.24) is 0 Å². The van der Waals surface area contributed by atoms with Gasteiger partial charge in [0.25, 0.3) is 5.91 Å². The number of nitriles is 1. The molecule has 0 heterocycles. The van der Waals surface area contributed by atoms with Crippen LogP contribution in [0.4, 0.5) is 5.69 Å². The van der Waals surface area contributed by atoms with Crippen LogP contribution in [0.3, 0.4) is 0 Å². The van der Waals surface area contributed by atoms with E-state index in [4.69, 9.17) is 5.26 Å². The van der Waals surface area contributed by atoms with Crippen LogP contribution in [-0.2, 0) is 4.79 Å². The Morgan fingerprint density at radius 3 is 2.52 bits per heavy atom. The smallest absolute Gasteiger partial charge is 0.266 e. The number of phenolic OH excluding ortho intramolecular Hbond substituents is 1. The Morgan fingerprint density at radius 1 is 1.19 bits per heavy atom. The number of rotatable bonds is 3. The SMILES string of the molecule is N#C/C(=C/c1ccccc1O)C(=O)Nc1ccccc1I. The average molecular weight is 390 g/mol. The Balaban J connectivity index is 2.26. The highest BCUT2D eigenvalue weighted by Gasteiger charge is 2.11. The number of benzene rings is 2. The molecule has 0 aliphatic heterocycles. The molecule has 1 amide bonds. The summed E-state index contributed by atoms with van der Waals surface area (Å²) in [5.41, 5.74) is 0.990. The molecule has 0 fully saturated rings. The molecule has 0 aliphatic rings. The van der Waals surface area contributed by atoms with Crippen LogP contribution in [-0.4, -0.2) is 11.0 Å². The second-order valence-corrected chi connectivity index (χ2v) is 5.32. The first kappa shape index (κ1) is 15.1. The summed E-state index contributed by atoms with van der Waals surface area (Å²) in [4.78, 5) is 12.1. The van der Waals surface area contributed by atoms with Crippen molar-refractivity contribution < 1.29 is 9.90 Å². The fourth-order valence-corrected chi connectivity index (χ4v) is 2.19. The van der Waals surface area contributed by atoms with Gasteiger partial charge in [0.05, 0.1) is 5.69 Å². The highest BCUT2D eigenvalue weighted by Crippen LogP contribution is 2.21. The lowest BCUT2D eigenvalue weighted by atomic mass is 10.1. The molecule has 0 unspecified atom stereocenters. The van der Waals surface area contributed by atoms with Gasteiger partial charge >= 0.3 is 0 Å². The van der Waals surface area contributed by atoms with Crippen molar-refractivity contribution in [3.05, 3.63) is 63.2 Å². The predicted octanol–water partition coefficient (Wildman–Crippen LogP) is 3.54. The number of anilines is 1. The van der Waals surface area contributed by atoms with Gasteiger partial charge in [-0.2, -0.15) is 5.26 Å². The molecule has 0 saturated carbocycles. The highest BCUT2D eigenvalue weighted by atomic mass is 127. The third kappa shape index (κ3) is 3.83. The molecule has 0 spiro atoms. The van der Waals surface area contributed by atoms with Gasteiger partial charge in [-0.3, -0.25) is 4.79 Å². The van der Waals surface area contributed by atoms with E-state index in [-0.39, 0.29) is 11.3 Å². The van der Waals surface area contributed by atoms with Gasteiger partial charge in [-0.15, -0.1) is 0 Å². The molecule has 2 aromatic rings. The first-order chi connectivity index (χ1) is 10.1. The van der Waals surface area contributed by atoms with Crippen LogP contribution in [0.25, 0.3) is 6.08 Å². The number of aromatic hydroxyl groups is 1. The zero-order valence-electron chi connectivity index (χ0n) is 10.9. The van der Waals surface area contributed by atoms with Gasteiger partial charge in [-0.25, -0.2) is 0 Å². The fraction of sp³-hybridized carbons (Fsp3) is 0. The lowest BCUT2D eigenvalue weighted by Gasteiger charge is -2.06. The van der Waals surface area contributed by atoms with E-state index < -0.39 is 5.91 Å². The van der Waals surface area contributed by atoms with Crippen molar-refractivity contribution in [2.45, 2.75) is 0 Å². The third-order valence-electron chi connectivity index (χ3n) is 2.72. The van der Waals surface area contributed by atoms with Crippen molar-refractivity contribution in [3.8, 4) is 11.8 Å². The summed E-state index contributed by atoms with van der Waals surface area (Å²) < 4.78 is 0.878. The van der Waals surface area contributed by atoms with Gasteiger partial charge < -0.3 is 10.4 Å². The molecule has 0 saturated heterocycles. The zero-order valence-corrected chi connectivity index (χ0v) is 13.0. The summed E-state index contributed by atoms with van der Waals surface area (Å²) in [5, 5.41) is 21.5. The van der Waals surface area contributed by atoms with E-state index in [0.29, 0.717) is 11.3 Å². The molecule has 0 atom stereocenters. The van der Waals surface area contributed by atoms with Crippen LogP contribution < -0.4 is 5.32 Å². The average Bonchev–Trinajstić information content (AvgIpc) is 2.48. The molecule has 0 radical (unpaired) electrons. The van der Waals surface area contributed by atoms with Gasteiger partial charge in [-0.05, 0) is 46.9 Å². The van der Waals surface area contributed by atoms with Crippen molar-refractivity contribution in [1.29, 1.82) is 5.26 Å². The summed E-state index contributed by atoms with van der Waals surface area (Å²) in [6, 6.07) is 15.7. The van der Waals surface area contributed by atoms with E-state index in [1.165, 1.54) is 12.1 Å². The number of nitrogens with zero attached hydrogens (tertiary/aromatic N) is 1. The van der Waals surface area contributed by atoms with E-state index >= 15 is 0 Å². The number of amides is 1. The van der Waals surface area contributed by atoms with Crippen LogP contribution in [0.1, 0.15) is 5.56 Å². The molecule has 0 bridgehead atoms. The number of carbonyl (C=O) groups is 1. The number of para-hydroxylation sites is 2. The summed E-state index contributed by atoms with van der Waals surface area (Å²) in [5.74, 6) is -0.489. The molecule has 2 N–H and O–H groups in total. The molecule has 5 heteroatoms. The van der Waals surface area contributed by atoms with Crippen LogP contribution >= 0.6 is 22.6 Å². The fourth-order valence-electron chi connectivity index (χ4n) is 1.67. The number of hydrogen-bond donors (Lipinski definition) is 2. The summed E-state index contributed by atoms with van der Waals surface area (Å²) >= 11 is 2.10. The second kappa shape index (κ2) is 6.90. The number of carbonyl (C=O) groups excluding carboxylic acids is 1. The molecular weight excluding hydrogens is 379 g/mol. The third-order valence-corrected chi connectivity index (χ3v) is 3.66. The Kier molecular flexibility index (Phi) is 4.95. The molecule has 0 aliphatic carbocycles. The summed E-state index contributed by atoms with van der Waals surface area (Å²) in [6.07, 6.45) is 1.36. The van der Waals surface area contributed by atoms with E-state index in [1.807, 2.05) is 18.2 Å². The van der Waals surface area contributed by atoms with Gasteiger partial charge in [0.2, 0.25) is 0 Å². The lowest BCUT2D eigenvalue weighted by Crippen LogP contribution is -2.14. The standard InChI is InChI=1S/C16H11IN2O2/c17-13-6-2-3-7-14(13)19-16(21)12(10-18)9-11-5-1-4-8-15(11)20/h1-9,20H,(H,19,21)/b12-9-. The quantitative estimate of drug-likeness (QED) is 0.479. The molecule has 4 nitrogen and oxygen atoms in total. The van der Waals surface area contributed by atoms with Gasteiger partial charge in [0.15, 0.2) is 0 Å². The molecule has 0 aromatic heterocycles. The van der Waals surface area contributed by atoms with Crippen LogP contribution in [0.15, 0.2) is 54.1 Å². The number of halogens is 1. The normalized spacial score (nSPS) is 10.8. The Morgan fingerprint density at radius 2 is 1.86 bits per heavy atom. The summed E-state index contributed by atoms with van der Waals surface area (Å²) in [7, 11) is 0. The maximum atomic E-state index is 12.1. The molecule has 2 rings (SSSR count). The van der Waals surface area contributed by atoms with Crippen molar-refractivity contribution >= 4 is 40.3 Å². The maximum absolute atomic E-state index is 12.1. The minimum Gasteiger partial charge on any atom is -0.507 e. The first-order valence-corrected chi connectivity index (χ1v) is 7.15. The Bertz CT molecular complexity index is 748. The Labute approximate surface area is 135 Å². The zero-order chi connectivity index (χ0) is 15.2. The summed E-state index contributed by atoms with van der Waals surface area (Å²) in [6.45, 7) is 0. The highest BCUT2D eigenvalue weighted by molar-refractivity contribution is 14.1. The van der Waals surface area contributed by atoms with E-state index in [0.717, 1.165) is 3.57 Å². The van der Waals surface area contributed by atoms with Gasteiger partial charge in [-0.1, -0.05) is 30.3 Å². The number of nitrogens with one attached hydrogen (secondary N) is 1. The van der Waals surface area contributed by atoms with Gasteiger partial charge in [0.1, 0.15) is 17.4 Å². The van der Waals surface area contributed by atoms with Crippen LogP contribution in [0.2, 0.25) is 0 Å². The molecule has 21 heavy (non-hydrogen) atoms. The van der Waals surface area contributed by atoms with E-state index in [2.05, 4.69) is 27.9 Å². The minimum absolute atomic E-state index is 0.0207. The molecule has 2 aromatic carbocycles. The monoisotopic (exact) mass is 390 g/mol. The van der Waals surface area contributed by atoms with E-state index in [1.54, 1.807) is 30.3 Å². The lowest BCUT2D eigenvalue weighted by molar-refractivity contribution is -0.112. The van der Waals surface area contributed by atoms with Gasteiger partial charge in [0, 0.05) is 9.13 Å². The topological polar surface area (TPSA) is 73.1 Å². The van der Waals surface area contributed by atoms with Crippen LogP contribution in [0, 0.1) is 14.9 Å². The largest absolute Gasteiger partial charge is 0.507 e. The van der Waals surface area contributed by atoms with Crippen molar-refractivity contribution in [3.63, 3.8) is 0 Å². The van der Waals surface area contributed by atoms with Crippen LogP contribution in [0.5, 0.6) is 5.75 Å². The maximum Gasteiger partial charge on any atom is 0.266 e. The number of hydrogen-bond acceptors (Lipinski definition) is 3. The Hall–Kier alpha value is -2.33. The first-order valence-electron chi connectivity index (χ1n) is 6.07. The molecular formula is C16H11IN2O2. The predicted molar refractivity (Wildman–Crippen MR) is 89.5 cm³/mol. The number of phenols is 1. The van der Waals surface area contributed by atoms with E-state index in [9.17, 15) is 9.90 Å². The minimum atomic E-state index is -0.509. The van der Waals surface area contributed by atoms with Crippen molar-refractivity contribution in [2.75, 3.05) is 5.32 Å².